The molecule has 0 atom stereocenters. The molecule has 0 radical (unpaired) electrons. The van der Waals surface area contributed by atoms with Gasteiger partial charge in [0.2, 0.25) is 0 Å². The number of benzene rings is 1. The van der Waals surface area contributed by atoms with Crippen LogP contribution in [0, 0.1) is 0 Å². The Labute approximate surface area is 221 Å². The zero-order valence-electron chi connectivity index (χ0n) is 16.1. The van der Waals surface area contributed by atoms with E-state index in [1.165, 1.54) is 36.7 Å². The van der Waals surface area contributed by atoms with Crippen molar-refractivity contribution in [3.05, 3.63) is 53.9 Å². The van der Waals surface area contributed by atoms with Crippen LogP contribution < -0.4 is 89.9 Å². The second-order valence-electron chi connectivity index (χ2n) is 5.05. The van der Waals surface area contributed by atoms with E-state index < -0.39 is 13.9 Å². The van der Waals surface area contributed by atoms with Crippen molar-refractivity contribution in [2.45, 2.75) is 6.61 Å². The van der Waals surface area contributed by atoms with Crippen LogP contribution in [0.15, 0.2) is 47.7 Å². The predicted molar refractivity (Wildman–Crippen MR) is 100 cm³/mol. The van der Waals surface area contributed by atoms with Gasteiger partial charge in [0.05, 0.1) is 11.9 Å². The number of ether oxygens (including phenoxy) is 1. The first-order valence-corrected chi connectivity index (χ1v) is 9.38. The van der Waals surface area contributed by atoms with E-state index in [-0.39, 0.29) is 76.6 Å². The number of carbonyl (C=O) groups is 1. The third-order valence-electron chi connectivity index (χ3n) is 2.95. The van der Waals surface area contributed by atoms with Crippen LogP contribution >= 0.6 is 20.0 Å². The van der Waals surface area contributed by atoms with Crippen LogP contribution in [0.3, 0.4) is 0 Å². The molecular weight excluding hydrogens is 455 g/mol. The Hall–Kier alpha value is -1.05. The van der Waals surface area contributed by atoms with Gasteiger partial charge in [-0.3, -0.25) is 15.7 Å². The summed E-state index contributed by atoms with van der Waals surface area (Å²) >= 11 is 4.62. The first-order valence-electron chi connectivity index (χ1n) is 7.51. The zero-order valence-corrected chi connectivity index (χ0v) is 21.8. The van der Waals surface area contributed by atoms with Crippen LogP contribution in [0.25, 0.3) is 0 Å². The summed E-state index contributed by atoms with van der Waals surface area (Å²) in [6.07, 6.45) is 2.07. The molecule has 0 spiro atoms. The molecule has 0 aliphatic heterocycles. The monoisotopic (exact) mass is 469 g/mol. The number of phosphoric acid groups is 1. The van der Waals surface area contributed by atoms with Crippen molar-refractivity contribution >= 4 is 43.1 Å². The first kappa shape index (κ1) is 28.9. The summed E-state index contributed by atoms with van der Waals surface area (Å²) in [5.74, 6) is -0.133. The number of thiocarbonyl (C=S) groups is 1. The van der Waals surface area contributed by atoms with Gasteiger partial charge in [0.15, 0.2) is 5.11 Å². The topological polar surface area (TPSA) is 174 Å². The quantitative estimate of drug-likeness (QED) is 0.117. The van der Waals surface area contributed by atoms with Gasteiger partial charge in [0.1, 0.15) is 25.9 Å². The van der Waals surface area contributed by atoms with E-state index in [1.807, 2.05) is 0 Å². The summed E-state index contributed by atoms with van der Waals surface area (Å²) in [4.78, 5) is 37.1. The number of hydrogen-bond donors (Lipinski definition) is 3. The van der Waals surface area contributed by atoms with Crippen molar-refractivity contribution in [3.63, 3.8) is 0 Å². The van der Waals surface area contributed by atoms with Crippen molar-refractivity contribution in [1.29, 1.82) is 0 Å². The Morgan fingerprint density at radius 1 is 1.27 bits per heavy atom. The van der Waals surface area contributed by atoms with Gasteiger partial charge in [-0.15, -0.1) is 0 Å². The third kappa shape index (κ3) is 11.4. The molecule has 0 unspecified atom stereocenters. The van der Waals surface area contributed by atoms with Crippen LogP contribution in [0.2, 0.25) is 0 Å². The van der Waals surface area contributed by atoms with E-state index in [2.05, 4.69) is 37.6 Å². The molecule has 1 amide bonds. The smallest absolute Gasteiger partial charge is 0.780 e. The molecule has 0 bridgehead atoms. The van der Waals surface area contributed by atoms with Gasteiger partial charge in [0.25, 0.3) is 0 Å². The van der Waals surface area contributed by atoms with Crippen LogP contribution in [-0.4, -0.2) is 22.4 Å². The number of nitrogens with one attached hydrogen (secondary N) is 2. The van der Waals surface area contributed by atoms with Crippen molar-refractivity contribution < 1.29 is 87.5 Å². The summed E-state index contributed by atoms with van der Waals surface area (Å²) in [6, 6.07) is 8.63. The SMILES string of the molecule is NC(=S)N/N=C/c1ncccc1NC(=O)OCc1ccc(OP(=O)([O-])[O-])cc1.[Na+].[Na+]. The van der Waals surface area contributed by atoms with Gasteiger partial charge in [-0.2, -0.15) is 5.10 Å². The maximum Gasteiger partial charge on any atom is 1.00 e. The summed E-state index contributed by atoms with van der Waals surface area (Å²) in [7, 11) is -5.12. The fourth-order valence-corrected chi connectivity index (χ4v) is 2.29. The molecule has 30 heavy (non-hydrogen) atoms. The molecule has 0 saturated heterocycles. The van der Waals surface area contributed by atoms with E-state index in [4.69, 9.17) is 10.5 Å². The van der Waals surface area contributed by atoms with E-state index in [9.17, 15) is 19.1 Å². The molecular formula is C15H14N5Na2O6PS. The molecule has 0 aliphatic rings. The Morgan fingerprint density at radius 3 is 2.53 bits per heavy atom. The largest absolute Gasteiger partial charge is 1.00 e. The van der Waals surface area contributed by atoms with E-state index in [1.54, 1.807) is 12.1 Å². The maximum atomic E-state index is 12.0. The molecule has 1 aromatic heterocycles. The fourth-order valence-electron chi connectivity index (χ4n) is 1.85. The fraction of sp³-hybridized carbons (Fsp3) is 0.0667. The van der Waals surface area contributed by atoms with Crippen molar-refractivity contribution in [1.82, 2.24) is 10.4 Å². The van der Waals surface area contributed by atoms with Crippen LogP contribution in [0.1, 0.15) is 11.3 Å². The number of hydrazone groups is 1. The number of anilines is 1. The number of nitrogens with two attached hydrogens (primary N) is 1. The zero-order chi connectivity index (χ0) is 20.6. The van der Waals surface area contributed by atoms with Gasteiger partial charge in [-0.1, -0.05) is 12.1 Å². The van der Waals surface area contributed by atoms with Gasteiger partial charge in [0, 0.05) is 6.20 Å². The number of amides is 1. The van der Waals surface area contributed by atoms with Gasteiger partial charge in [-0.05, 0) is 42.0 Å². The van der Waals surface area contributed by atoms with Crippen molar-refractivity contribution in [2.75, 3.05) is 5.32 Å². The molecule has 11 nitrogen and oxygen atoms in total. The maximum absolute atomic E-state index is 12.0. The number of hydrogen-bond acceptors (Lipinski definition) is 9. The average Bonchev–Trinajstić information content (AvgIpc) is 2.61. The number of rotatable bonds is 7. The third-order valence-corrected chi connectivity index (χ3v) is 3.47. The normalized spacial score (nSPS) is 10.3. The standard InChI is InChI=1S/C15H16N5O6PS.2Na/c16-14(28)20-18-8-13-12(2-1-7-17-13)19-15(21)25-9-10-3-5-11(6-4-10)26-27(22,23)24;;/h1-8H,9H2,(H,19,21)(H3,16,20,28)(H2,22,23,24);;/q;2*+1/p-2/b18-8+;;. The molecule has 148 valence electrons. The molecule has 15 heteroatoms. The summed E-state index contributed by atoms with van der Waals surface area (Å²) in [5, 5.41) is 6.25. The van der Waals surface area contributed by atoms with E-state index >= 15 is 0 Å². The Bertz CT molecular complexity index is 928. The summed E-state index contributed by atoms with van der Waals surface area (Å²) in [6.45, 7) is -0.106. The average molecular weight is 469 g/mol. The second-order valence-corrected chi connectivity index (χ2v) is 6.57. The second kappa shape index (κ2) is 14.1. The minimum atomic E-state index is -5.12. The molecule has 2 aromatic rings. The minimum Gasteiger partial charge on any atom is -0.780 e. The van der Waals surface area contributed by atoms with Crippen LogP contribution in [0.5, 0.6) is 5.75 Å². The Balaban J connectivity index is 0.00000420. The first-order chi connectivity index (χ1) is 13.2. The van der Waals surface area contributed by atoms with Crippen LogP contribution in [0.4, 0.5) is 10.5 Å². The van der Waals surface area contributed by atoms with Crippen LogP contribution in [-0.2, 0) is 15.9 Å². The van der Waals surface area contributed by atoms with E-state index in [0.29, 0.717) is 16.9 Å². The molecule has 4 N–H and O–H groups in total. The molecule has 2 rings (SSSR count). The van der Waals surface area contributed by atoms with Gasteiger partial charge in [-0.25, -0.2) is 4.79 Å². The van der Waals surface area contributed by atoms with Gasteiger partial charge < -0.3 is 29.3 Å². The number of pyridine rings is 1. The summed E-state index contributed by atoms with van der Waals surface area (Å²) < 4.78 is 19.8. The Morgan fingerprint density at radius 2 is 1.93 bits per heavy atom. The molecule has 0 aliphatic carbocycles. The van der Waals surface area contributed by atoms with E-state index in [0.717, 1.165) is 0 Å². The molecule has 0 saturated carbocycles. The Kier molecular flexibility index (Phi) is 13.6. The molecule has 1 aromatic carbocycles. The molecule has 1 heterocycles. The number of nitrogens with zero attached hydrogens (tertiary/aromatic N) is 2. The minimum absolute atomic E-state index is 0. The number of aromatic nitrogens is 1. The number of carbonyl (C=O) groups excluding carboxylic acids is 1. The van der Waals surface area contributed by atoms with Crippen molar-refractivity contribution in [2.24, 2.45) is 10.8 Å². The van der Waals surface area contributed by atoms with Gasteiger partial charge >= 0.3 is 65.2 Å². The van der Waals surface area contributed by atoms with Crippen molar-refractivity contribution in [3.8, 4) is 5.75 Å². The summed E-state index contributed by atoms with van der Waals surface area (Å²) in [5.41, 5.74) is 8.84. The predicted octanol–water partition coefficient (Wildman–Crippen LogP) is -5.79. The molecule has 0 fully saturated rings. The number of phosphoric ester groups is 1.